The molecule has 0 aromatic carbocycles. The smallest absolute Gasteiger partial charge is 0.219 e. The van der Waals surface area contributed by atoms with Gasteiger partial charge in [-0.15, -0.1) is 0 Å². The Morgan fingerprint density at radius 1 is 1.58 bits per heavy atom. The monoisotopic (exact) mass is 186 g/mol. The standard InChI is InChI=1S/C6H10N4OS/c1-11-5-3-4(10-7)8-6(9-5)12-2/h3H,7H2,1-2H3,(H,8,9,10). The summed E-state index contributed by atoms with van der Waals surface area (Å²) in [5.74, 6) is 6.24. The van der Waals surface area contributed by atoms with Crippen LogP contribution in [0.3, 0.4) is 0 Å². The first-order valence-corrected chi connectivity index (χ1v) is 4.46. The molecule has 0 spiro atoms. The van der Waals surface area contributed by atoms with Gasteiger partial charge in [0.2, 0.25) is 5.88 Å². The minimum Gasteiger partial charge on any atom is -0.481 e. The molecule has 3 N–H and O–H groups in total. The van der Waals surface area contributed by atoms with Crippen LogP contribution in [0.2, 0.25) is 0 Å². The largest absolute Gasteiger partial charge is 0.481 e. The van der Waals surface area contributed by atoms with E-state index in [4.69, 9.17) is 10.6 Å². The first-order chi connectivity index (χ1) is 5.80. The molecule has 0 saturated carbocycles. The van der Waals surface area contributed by atoms with E-state index < -0.39 is 0 Å². The average Bonchev–Trinajstić information content (AvgIpc) is 2.16. The maximum atomic E-state index is 5.19. The summed E-state index contributed by atoms with van der Waals surface area (Å²) in [5.41, 5.74) is 2.43. The topological polar surface area (TPSA) is 73.1 Å². The first kappa shape index (κ1) is 9.08. The van der Waals surface area contributed by atoms with Gasteiger partial charge in [0.25, 0.3) is 0 Å². The summed E-state index contributed by atoms with van der Waals surface area (Å²) >= 11 is 1.43. The summed E-state index contributed by atoms with van der Waals surface area (Å²) in [7, 11) is 1.55. The van der Waals surface area contributed by atoms with Crippen molar-refractivity contribution in [1.82, 2.24) is 9.97 Å². The van der Waals surface area contributed by atoms with Gasteiger partial charge in [-0.2, -0.15) is 4.98 Å². The van der Waals surface area contributed by atoms with Crippen molar-refractivity contribution >= 4 is 17.6 Å². The van der Waals surface area contributed by atoms with Crippen LogP contribution >= 0.6 is 11.8 Å². The van der Waals surface area contributed by atoms with Crippen LogP contribution in [0, 0.1) is 0 Å². The number of ether oxygens (including phenoxy) is 1. The van der Waals surface area contributed by atoms with Crippen molar-refractivity contribution in [2.45, 2.75) is 5.16 Å². The summed E-state index contributed by atoms with van der Waals surface area (Å²) < 4.78 is 4.94. The van der Waals surface area contributed by atoms with Gasteiger partial charge in [0.1, 0.15) is 5.82 Å². The van der Waals surface area contributed by atoms with Crippen LogP contribution in [0.5, 0.6) is 5.88 Å². The fraction of sp³-hybridized carbons (Fsp3) is 0.333. The predicted octanol–water partition coefficient (Wildman–Crippen LogP) is 0.493. The van der Waals surface area contributed by atoms with Gasteiger partial charge in [0.05, 0.1) is 7.11 Å². The van der Waals surface area contributed by atoms with Crippen molar-refractivity contribution in [2.75, 3.05) is 18.8 Å². The van der Waals surface area contributed by atoms with Gasteiger partial charge in [-0.3, -0.25) is 0 Å². The Morgan fingerprint density at radius 3 is 2.83 bits per heavy atom. The predicted molar refractivity (Wildman–Crippen MR) is 48.2 cm³/mol. The van der Waals surface area contributed by atoms with Crippen molar-refractivity contribution in [2.24, 2.45) is 5.84 Å². The van der Waals surface area contributed by atoms with Crippen LogP contribution in [0.25, 0.3) is 0 Å². The molecule has 0 atom stereocenters. The summed E-state index contributed by atoms with van der Waals surface area (Å²) in [4.78, 5) is 8.11. The fourth-order valence-corrected chi connectivity index (χ4v) is 1.04. The quantitative estimate of drug-likeness (QED) is 0.310. The number of nitrogen functional groups attached to an aromatic ring is 1. The lowest BCUT2D eigenvalue weighted by atomic mass is 10.6. The number of methoxy groups -OCH3 is 1. The summed E-state index contributed by atoms with van der Waals surface area (Å²) in [5, 5.41) is 0.627. The second-order valence-corrected chi connectivity index (χ2v) is 2.70. The van der Waals surface area contributed by atoms with Crippen molar-refractivity contribution in [1.29, 1.82) is 0 Å². The molecule has 0 aliphatic carbocycles. The first-order valence-electron chi connectivity index (χ1n) is 3.24. The molecule has 1 heterocycles. The number of nitrogens with zero attached hydrogens (tertiary/aromatic N) is 2. The Balaban J connectivity index is 3.01. The van der Waals surface area contributed by atoms with E-state index in [-0.39, 0.29) is 0 Å². The zero-order valence-corrected chi connectivity index (χ0v) is 7.68. The van der Waals surface area contributed by atoms with Gasteiger partial charge < -0.3 is 10.2 Å². The number of hydrazine groups is 1. The third-order valence-electron chi connectivity index (χ3n) is 1.22. The van der Waals surface area contributed by atoms with E-state index in [0.29, 0.717) is 16.9 Å². The molecule has 0 amide bonds. The molecular weight excluding hydrogens is 176 g/mol. The van der Waals surface area contributed by atoms with Crippen molar-refractivity contribution in [3.8, 4) is 5.88 Å². The maximum Gasteiger partial charge on any atom is 0.219 e. The number of thioether (sulfide) groups is 1. The maximum absolute atomic E-state index is 5.19. The van der Waals surface area contributed by atoms with E-state index in [0.717, 1.165) is 0 Å². The van der Waals surface area contributed by atoms with E-state index in [1.54, 1.807) is 13.2 Å². The second-order valence-electron chi connectivity index (χ2n) is 1.93. The van der Waals surface area contributed by atoms with Crippen LogP contribution in [0.4, 0.5) is 5.82 Å². The van der Waals surface area contributed by atoms with Crippen molar-refractivity contribution in [3.63, 3.8) is 0 Å². The number of nitrogens with one attached hydrogen (secondary N) is 1. The zero-order valence-electron chi connectivity index (χ0n) is 6.87. The number of aromatic nitrogens is 2. The molecule has 1 rings (SSSR count). The molecule has 0 radical (unpaired) electrons. The highest BCUT2D eigenvalue weighted by Crippen LogP contribution is 2.17. The van der Waals surface area contributed by atoms with Gasteiger partial charge >= 0.3 is 0 Å². The highest BCUT2D eigenvalue weighted by molar-refractivity contribution is 7.98. The Morgan fingerprint density at radius 2 is 2.33 bits per heavy atom. The van der Waals surface area contributed by atoms with E-state index in [1.807, 2.05) is 6.26 Å². The van der Waals surface area contributed by atoms with Crippen LogP contribution in [0.15, 0.2) is 11.2 Å². The minimum atomic E-state index is 0.502. The van der Waals surface area contributed by atoms with E-state index in [1.165, 1.54) is 11.8 Å². The van der Waals surface area contributed by atoms with Crippen LogP contribution in [0.1, 0.15) is 0 Å². The highest BCUT2D eigenvalue weighted by Gasteiger charge is 2.01. The molecule has 0 bridgehead atoms. The molecule has 0 saturated heterocycles. The van der Waals surface area contributed by atoms with E-state index >= 15 is 0 Å². The van der Waals surface area contributed by atoms with Gasteiger partial charge in [-0.25, -0.2) is 10.8 Å². The Kier molecular flexibility index (Phi) is 3.12. The van der Waals surface area contributed by atoms with Gasteiger partial charge in [-0.05, 0) is 6.26 Å². The number of rotatable bonds is 3. The average molecular weight is 186 g/mol. The number of hydrogen-bond donors (Lipinski definition) is 2. The Hall–Kier alpha value is -1.01. The molecule has 0 fully saturated rings. The molecule has 0 unspecified atom stereocenters. The second kappa shape index (κ2) is 4.13. The number of anilines is 1. The van der Waals surface area contributed by atoms with Gasteiger partial charge in [0.15, 0.2) is 5.16 Å². The van der Waals surface area contributed by atoms with Gasteiger partial charge in [0, 0.05) is 6.07 Å². The third kappa shape index (κ3) is 1.99. The van der Waals surface area contributed by atoms with Crippen LogP contribution in [-0.4, -0.2) is 23.3 Å². The van der Waals surface area contributed by atoms with Gasteiger partial charge in [-0.1, -0.05) is 11.8 Å². The Bertz CT molecular complexity index is 212. The third-order valence-corrected chi connectivity index (χ3v) is 1.77. The molecule has 5 nitrogen and oxygen atoms in total. The molecule has 0 aliphatic rings. The SMILES string of the molecule is COc1cc(NN)nc(SC)n1. The fourth-order valence-electron chi connectivity index (χ4n) is 0.674. The molecule has 0 aliphatic heterocycles. The van der Waals surface area contributed by atoms with E-state index in [2.05, 4.69) is 15.4 Å². The molecule has 6 heteroatoms. The molecule has 1 aromatic heterocycles. The van der Waals surface area contributed by atoms with Crippen molar-refractivity contribution < 1.29 is 4.74 Å². The molecule has 12 heavy (non-hydrogen) atoms. The minimum absolute atomic E-state index is 0.502. The lowest BCUT2D eigenvalue weighted by Crippen LogP contribution is -2.09. The molecular formula is C6H10N4OS. The lowest BCUT2D eigenvalue weighted by Gasteiger charge is -2.03. The molecule has 66 valence electrons. The van der Waals surface area contributed by atoms with Crippen LogP contribution < -0.4 is 16.0 Å². The van der Waals surface area contributed by atoms with Crippen LogP contribution in [-0.2, 0) is 0 Å². The van der Waals surface area contributed by atoms with Crippen molar-refractivity contribution in [3.05, 3.63) is 6.07 Å². The normalized spacial score (nSPS) is 9.58. The summed E-state index contributed by atoms with van der Waals surface area (Å²) in [6, 6.07) is 1.62. The highest BCUT2D eigenvalue weighted by atomic mass is 32.2. The number of hydrogen-bond acceptors (Lipinski definition) is 6. The summed E-state index contributed by atoms with van der Waals surface area (Å²) in [6.07, 6.45) is 1.88. The number of nitrogens with two attached hydrogens (primary N) is 1. The zero-order chi connectivity index (χ0) is 8.97. The van der Waals surface area contributed by atoms with E-state index in [9.17, 15) is 0 Å². The Labute approximate surface area is 74.7 Å². The molecule has 1 aromatic rings. The summed E-state index contributed by atoms with van der Waals surface area (Å²) in [6.45, 7) is 0. The lowest BCUT2D eigenvalue weighted by molar-refractivity contribution is 0.393.